The second-order valence-corrected chi connectivity index (χ2v) is 7.31. The van der Waals surface area contributed by atoms with E-state index >= 15 is 0 Å². The fourth-order valence-electron chi connectivity index (χ4n) is 3.32. The highest BCUT2D eigenvalue weighted by Gasteiger charge is 2.22. The zero-order valence-electron chi connectivity index (χ0n) is 18.3. The Kier molecular flexibility index (Phi) is 9.90. The summed E-state index contributed by atoms with van der Waals surface area (Å²) in [6, 6.07) is 16.0. The highest BCUT2D eigenvalue weighted by atomic mass is 127. The van der Waals surface area contributed by atoms with Crippen molar-refractivity contribution in [2.75, 3.05) is 40.9 Å². The van der Waals surface area contributed by atoms with Crippen LogP contribution in [0, 0.1) is 0 Å². The topological polar surface area (TPSA) is 75.2 Å². The minimum Gasteiger partial charge on any atom is -0.496 e. The van der Waals surface area contributed by atoms with Crippen LogP contribution in [0.1, 0.15) is 23.6 Å². The van der Waals surface area contributed by atoms with Gasteiger partial charge in [0.2, 0.25) is 5.91 Å². The lowest BCUT2D eigenvalue weighted by atomic mass is 10.0. The largest absolute Gasteiger partial charge is 0.496 e. The highest BCUT2D eigenvalue weighted by Crippen LogP contribution is 2.31. The van der Waals surface area contributed by atoms with E-state index in [9.17, 15) is 4.79 Å². The third-order valence-electron chi connectivity index (χ3n) is 5.02. The molecular formula is C23H31IN4O3. The van der Waals surface area contributed by atoms with Crippen molar-refractivity contribution in [2.24, 2.45) is 4.99 Å². The molecule has 1 atom stereocenters. The number of para-hydroxylation sites is 2. The van der Waals surface area contributed by atoms with E-state index in [1.807, 2.05) is 36.4 Å². The SMILES string of the molecule is COc1ccccc1CCNC(=NCC(=O)N(C)C)NC1CCOc2ccccc21.I. The summed E-state index contributed by atoms with van der Waals surface area (Å²) < 4.78 is 11.2. The smallest absolute Gasteiger partial charge is 0.243 e. The predicted molar refractivity (Wildman–Crippen MR) is 134 cm³/mol. The van der Waals surface area contributed by atoms with Crippen molar-refractivity contribution < 1.29 is 14.3 Å². The molecule has 0 aromatic heterocycles. The Morgan fingerprint density at radius 3 is 2.71 bits per heavy atom. The number of ether oxygens (including phenoxy) is 2. The van der Waals surface area contributed by atoms with Gasteiger partial charge in [0.05, 0.1) is 19.8 Å². The monoisotopic (exact) mass is 538 g/mol. The number of carbonyl (C=O) groups is 1. The van der Waals surface area contributed by atoms with Crippen LogP contribution >= 0.6 is 24.0 Å². The molecule has 1 aliphatic rings. The lowest BCUT2D eigenvalue weighted by Gasteiger charge is -2.28. The van der Waals surface area contributed by atoms with Gasteiger partial charge in [-0.2, -0.15) is 0 Å². The maximum atomic E-state index is 12.0. The van der Waals surface area contributed by atoms with Crippen LogP contribution in [-0.2, 0) is 11.2 Å². The summed E-state index contributed by atoms with van der Waals surface area (Å²) in [5.41, 5.74) is 2.22. The Morgan fingerprint density at radius 2 is 1.94 bits per heavy atom. The molecule has 2 aromatic carbocycles. The van der Waals surface area contributed by atoms with Crippen LogP contribution in [0.4, 0.5) is 0 Å². The molecule has 2 aromatic rings. The second-order valence-electron chi connectivity index (χ2n) is 7.31. The Balaban J connectivity index is 0.00000341. The maximum absolute atomic E-state index is 12.0. The number of fused-ring (bicyclic) bond motifs is 1. The molecule has 0 aliphatic carbocycles. The summed E-state index contributed by atoms with van der Waals surface area (Å²) in [6.45, 7) is 1.38. The van der Waals surface area contributed by atoms with Crippen LogP contribution < -0.4 is 20.1 Å². The zero-order valence-corrected chi connectivity index (χ0v) is 20.6. The Hall–Kier alpha value is -2.49. The van der Waals surface area contributed by atoms with Crippen LogP contribution in [0.15, 0.2) is 53.5 Å². The number of hydrogen-bond donors (Lipinski definition) is 2. The summed E-state index contributed by atoms with van der Waals surface area (Å²) in [5.74, 6) is 2.32. The number of hydrogen-bond acceptors (Lipinski definition) is 4. The molecule has 0 radical (unpaired) electrons. The lowest BCUT2D eigenvalue weighted by molar-refractivity contribution is -0.127. The summed E-state index contributed by atoms with van der Waals surface area (Å²) >= 11 is 0. The summed E-state index contributed by atoms with van der Waals surface area (Å²) in [6.07, 6.45) is 1.60. The van der Waals surface area contributed by atoms with E-state index in [2.05, 4.69) is 27.8 Å². The van der Waals surface area contributed by atoms with E-state index in [-0.39, 0.29) is 42.5 Å². The summed E-state index contributed by atoms with van der Waals surface area (Å²) in [7, 11) is 5.14. The minimum absolute atomic E-state index is 0. The second kappa shape index (κ2) is 12.4. The molecule has 168 valence electrons. The molecule has 0 saturated heterocycles. The van der Waals surface area contributed by atoms with Crippen molar-refractivity contribution in [2.45, 2.75) is 18.9 Å². The number of carbonyl (C=O) groups excluding carboxylic acids is 1. The molecular weight excluding hydrogens is 507 g/mol. The van der Waals surface area contributed by atoms with Crippen LogP contribution in [0.3, 0.4) is 0 Å². The standard InChI is InChI=1S/C23H30N4O3.HI/c1-27(2)22(28)16-25-23(24-14-12-17-8-4-6-10-20(17)29-3)26-19-13-15-30-21-11-7-5-9-18(19)21;/h4-11,19H,12-16H2,1-3H3,(H2,24,25,26);1H. The molecule has 1 unspecified atom stereocenters. The molecule has 7 nitrogen and oxygen atoms in total. The first-order valence-electron chi connectivity index (χ1n) is 10.2. The van der Waals surface area contributed by atoms with Crippen molar-refractivity contribution in [1.82, 2.24) is 15.5 Å². The van der Waals surface area contributed by atoms with Gasteiger partial charge in [-0.05, 0) is 24.1 Å². The van der Waals surface area contributed by atoms with E-state index in [1.165, 1.54) is 0 Å². The van der Waals surface area contributed by atoms with E-state index in [4.69, 9.17) is 9.47 Å². The fraction of sp³-hybridized carbons (Fsp3) is 0.391. The summed E-state index contributed by atoms with van der Waals surface area (Å²) in [5, 5.41) is 6.84. The van der Waals surface area contributed by atoms with Gasteiger partial charge >= 0.3 is 0 Å². The Labute approximate surface area is 201 Å². The Bertz CT molecular complexity index is 889. The van der Waals surface area contributed by atoms with Gasteiger partial charge in [0, 0.05) is 32.6 Å². The number of nitrogens with zero attached hydrogens (tertiary/aromatic N) is 2. The predicted octanol–water partition coefficient (Wildman–Crippen LogP) is 3.00. The molecule has 0 saturated carbocycles. The fourth-order valence-corrected chi connectivity index (χ4v) is 3.32. The molecule has 0 bridgehead atoms. The van der Waals surface area contributed by atoms with Gasteiger partial charge in [0.15, 0.2) is 5.96 Å². The number of likely N-dealkylation sites (N-methyl/N-ethyl adjacent to an activating group) is 1. The van der Waals surface area contributed by atoms with E-state index in [1.54, 1.807) is 26.1 Å². The first kappa shape index (κ1) is 24.8. The van der Waals surface area contributed by atoms with Gasteiger partial charge in [-0.3, -0.25) is 4.79 Å². The molecule has 1 heterocycles. The van der Waals surface area contributed by atoms with Crippen molar-refractivity contribution >= 4 is 35.8 Å². The van der Waals surface area contributed by atoms with Crippen molar-refractivity contribution in [3.8, 4) is 11.5 Å². The maximum Gasteiger partial charge on any atom is 0.243 e. The Morgan fingerprint density at radius 1 is 1.19 bits per heavy atom. The first-order chi connectivity index (χ1) is 14.6. The average Bonchev–Trinajstić information content (AvgIpc) is 2.77. The van der Waals surface area contributed by atoms with E-state index in [0.717, 1.165) is 35.5 Å². The normalized spacial score (nSPS) is 15.1. The average molecular weight is 538 g/mol. The van der Waals surface area contributed by atoms with Gasteiger partial charge in [0.25, 0.3) is 0 Å². The van der Waals surface area contributed by atoms with E-state index in [0.29, 0.717) is 19.1 Å². The van der Waals surface area contributed by atoms with Crippen LogP contribution in [0.2, 0.25) is 0 Å². The number of benzene rings is 2. The zero-order chi connectivity index (χ0) is 21.3. The molecule has 0 spiro atoms. The summed E-state index contributed by atoms with van der Waals surface area (Å²) in [4.78, 5) is 18.1. The van der Waals surface area contributed by atoms with Crippen molar-refractivity contribution in [1.29, 1.82) is 0 Å². The molecule has 31 heavy (non-hydrogen) atoms. The lowest BCUT2D eigenvalue weighted by Crippen LogP contribution is -2.42. The molecule has 2 N–H and O–H groups in total. The van der Waals surface area contributed by atoms with Gasteiger partial charge < -0.3 is 25.0 Å². The molecule has 1 amide bonds. The third-order valence-corrected chi connectivity index (χ3v) is 5.02. The minimum atomic E-state index is -0.0480. The number of nitrogens with one attached hydrogen (secondary N) is 2. The molecule has 1 aliphatic heterocycles. The van der Waals surface area contributed by atoms with Crippen LogP contribution in [0.5, 0.6) is 11.5 Å². The van der Waals surface area contributed by atoms with Crippen molar-refractivity contribution in [3.05, 3.63) is 59.7 Å². The molecule has 3 rings (SSSR count). The number of guanidine groups is 1. The van der Waals surface area contributed by atoms with E-state index < -0.39 is 0 Å². The van der Waals surface area contributed by atoms with Crippen LogP contribution in [-0.4, -0.2) is 57.7 Å². The highest BCUT2D eigenvalue weighted by molar-refractivity contribution is 14.0. The van der Waals surface area contributed by atoms with Crippen LogP contribution in [0.25, 0.3) is 0 Å². The number of amides is 1. The van der Waals surface area contributed by atoms with Gasteiger partial charge in [-0.25, -0.2) is 4.99 Å². The van der Waals surface area contributed by atoms with Gasteiger partial charge in [-0.1, -0.05) is 36.4 Å². The third kappa shape index (κ3) is 7.02. The number of rotatable bonds is 7. The number of methoxy groups -OCH3 is 1. The number of aliphatic imine (C=N–C) groups is 1. The first-order valence-corrected chi connectivity index (χ1v) is 10.2. The van der Waals surface area contributed by atoms with Gasteiger partial charge in [-0.15, -0.1) is 24.0 Å². The molecule has 0 fully saturated rings. The quantitative estimate of drug-likeness (QED) is 0.322. The van der Waals surface area contributed by atoms with Crippen molar-refractivity contribution in [3.63, 3.8) is 0 Å². The number of halogens is 1. The molecule has 8 heteroatoms. The van der Waals surface area contributed by atoms with Gasteiger partial charge in [0.1, 0.15) is 18.0 Å².